The Morgan fingerprint density at radius 2 is 1.82 bits per heavy atom. The predicted octanol–water partition coefficient (Wildman–Crippen LogP) is 4.41. The Kier molecular flexibility index (Phi) is 8.10. The van der Waals surface area contributed by atoms with Gasteiger partial charge in [-0.3, -0.25) is 14.4 Å². The van der Waals surface area contributed by atoms with Crippen molar-refractivity contribution in [2.75, 3.05) is 38.2 Å². The van der Waals surface area contributed by atoms with Crippen molar-refractivity contribution in [1.82, 2.24) is 10.2 Å². The Morgan fingerprint density at radius 3 is 2.53 bits per heavy atom. The third-order valence-corrected chi connectivity index (χ3v) is 7.68. The average Bonchev–Trinajstić information content (AvgIpc) is 3.51. The van der Waals surface area contributed by atoms with E-state index in [-0.39, 0.29) is 24.1 Å². The molecule has 9 heteroatoms. The maximum Gasteiger partial charge on any atom is 0.261 e. The molecule has 0 saturated carbocycles. The van der Waals surface area contributed by atoms with Crippen molar-refractivity contribution in [3.8, 4) is 10.4 Å². The summed E-state index contributed by atoms with van der Waals surface area (Å²) in [7, 11) is 0. The number of carbonyl (C=O) groups is 3. The number of carbonyl (C=O) groups excluding carboxylic acids is 3. The van der Waals surface area contributed by atoms with E-state index < -0.39 is 0 Å². The first-order valence-electron chi connectivity index (χ1n) is 11.2. The molecule has 1 aromatic carbocycles. The number of benzene rings is 1. The lowest BCUT2D eigenvalue weighted by molar-refractivity contribution is -0.116. The van der Waals surface area contributed by atoms with Gasteiger partial charge in [0.05, 0.1) is 23.7 Å². The van der Waals surface area contributed by atoms with Crippen molar-refractivity contribution < 1.29 is 19.1 Å². The van der Waals surface area contributed by atoms with Crippen molar-refractivity contribution in [2.45, 2.75) is 19.8 Å². The number of ether oxygens (including phenoxy) is 1. The highest BCUT2D eigenvalue weighted by Gasteiger charge is 2.27. The standard InChI is InChI=1S/C25H27N3O4S2/c1-17-21(25(31)28-12-14-32-15-13-28)24(34-22(17)18-7-3-2-4-8-18)27-20(29)10-5-11-26-23(30)19-9-6-16-33-19/h2-4,6-9,16H,5,10-15H2,1H3,(H,26,30)(H,27,29). The summed E-state index contributed by atoms with van der Waals surface area (Å²) >= 11 is 2.80. The number of rotatable bonds is 8. The largest absolute Gasteiger partial charge is 0.378 e. The van der Waals surface area contributed by atoms with Gasteiger partial charge in [-0.2, -0.15) is 0 Å². The van der Waals surface area contributed by atoms with Gasteiger partial charge in [0.2, 0.25) is 5.91 Å². The maximum atomic E-state index is 13.4. The smallest absolute Gasteiger partial charge is 0.261 e. The summed E-state index contributed by atoms with van der Waals surface area (Å²) in [6.07, 6.45) is 0.749. The van der Waals surface area contributed by atoms with E-state index in [0.717, 1.165) is 16.0 Å². The highest BCUT2D eigenvalue weighted by molar-refractivity contribution is 7.20. The molecule has 178 valence electrons. The molecule has 34 heavy (non-hydrogen) atoms. The molecule has 0 bridgehead atoms. The Hall–Kier alpha value is -3.01. The van der Waals surface area contributed by atoms with E-state index in [1.165, 1.54) is 22.7 Å². The molecule has 1 aliphatic heterocycles. The second-order valence-corrected chi connectivity index (χ2v) is 9.88. The molecule has 3 amide bonds. The SMILES string of the molecule is Cc1c(-c2ccccc2)sc(NC(=O)CCCNC(=O)c2cccs2)c1C(=O)N1CCOCC1. The van der Waals surface area contributed by atoms with Crippen LogP contribution in [0, 0.1) is 6.92 Å². The first-order valence-corrected chi connectivity index (χ1v) is 12.9. The predicted molar refractivity (Wildman–Crippen MR) is 136 cm³/mol. The third-order valence-electron chi connectivity index (χ3n) is 5.56. The lowest BCUT2D eigenvalue weighted by Crippen LogP contribution is -2.41. The summed E-state index contributed by atoms with van der Waals surface area (Å²) in [6, 6.07) is 13.5. The number of amides is 3. The Balaban J connectivity index is 1.45. The van der Waals surface area contributed by atoms with E-state index in [1.54, 1.807) is 11.0 Å². The number of hydrogen-bond donors (Lipinski definition) is 2. The minimum atomic E-state index is -0.178. The zero-order valence-electron chi connectivity index (χ0n) is 19.0. The van der Waals surface area contributed by atoms with Gasteiger partial charge >= 0.3 is 0 Å². The van der Waals surface area contributed by atoms with Crippen LogP contribution in [0.3, 0.4) is 0 Å². The number of thiophene rings is 2. The molecule has 0 spiro atoms. The maximum absolute atomic E-state index is 13.4. The number of nitrogens with zero attached hydrogens (tertiary/aromatic N) is 1. The summed E-state index contributed by atoms with van der Waals surface area (Å²) in [6.45, 7) is 4.43. The lowest BCUT2D eigenvalue weighted by atomic mass is 10.1. The van der Waals surface area contributed by atoms with Crippen molar-refractivity contribution >= 4 is 45.4 Å². The van der Waals surface area contributed by atoms with Crippen molar-refractivity contribution in [3.63, 3.8) is 0 Å². The number of anilines is 1. The molecule has 3 heterocycles. The van der Waals surface area contributed by atoms with Crippen LogP contribution in [-0.2, 0) is 9.53 Å². The molecule has 1 aliphatic rings. The number of hydrogen-bond acceptors (Lipinski definition) is 6. The fourth-order valence-corrected chi connectivity index (χ4v) is 5.64. The minimum absolute atomic E-state index is 0.0854. The number of nitrogens with one attached hydrogen (secondary N) is 2. The van der Waals surface area contributed by atoms with E-state index in [2.05, 4.69) is 10.6 Å². The van der Waals surface area contributed by atoms with Gasteiger partial charge in [-0.25, -0.2) is 0 Å². The highest BCUT2D eigenvalue weighted by atomic mass is 32.1. The van der Waals surface area contributed by atoms with Gasteiger partial charge in [-0.15, -0.1) is 22.7 Å². The van der Waals surface area contributed by atoms with Crippen LogP contribution in [0.1, 0.15) is 38.4 Å². The molecule has 0 unspecified atom stereocenters. The fraction of sp³-hybridized carbons (Fsp3) is 0.320. The van der Waals surface area contributed by atoms with Gasteiger partial charge in [-0.1, -0.05) is 36.4 Å². The zero-order chi connectivity index (χ0) is 23.9. The Morgan fingerprint density at radius 1 is 1.06 bits per heavy atom. The molecule has 3 aromatic rings. The average molecular weight is 498 g/mol. The van der Waals surface area contributed by atoms with Gasteiger partial charge in [0.15, 0.2) is 0 Å². The molecule has 7 nitrogen and oxygen atoms in total. The molecule has 0 atom stereocenters. The van der Waals surface area contributed by atoms with E-state index >= 15 is 0 Å². The minimum Gasteiger partial charge on any atom is -0.378 e. The normalized spacial score (nSPS) is 13.5. The van der Waals surface area contributed by atoms with E-state index in [9.17, 15) is 14.4 Å². The Labute approximate surface area is 206 Å². The second-order valence-electron chi connectivity index (χ2n) is 7.92. The van der Waals surface area contributed by atoms with Crippen LogP contribution in [0.4, 0.5) is 5.00 Å². The molecule has 4 rings (SSSR count). The summed E-state index contributed by atoms with van der Waals surface area (Å²) in [5.74, 6) is -0.393. The van der Waals surface area contributed by atoms with E-state index in [1.807, 2.05) is 48.7 Å². The van der Waals surface area contributed by atoms with Crippen molar-refractivity contribution in [1.29, 1.82) is 0 Å². The van der Waals surface area contributed by atoms with Crippen LogP contribution in [0.25, 0.3) is 10.4 Å². The molecular weight excluding hydrogens is 470 g/mol. The topological polar surface area (TPSA) is 87.7 Å². The third kappa shape index (κ3) is 5.72. The summed E-state index contributed by atoms with van der Waals surface area (Å²) in [5.41, 5.74) is 2.43. The van der Waals surface area contributed by atoms with Crippen LogP contribution in [0.2, 0.25) is 0 Å². The monoisotopic (exact) mass is 497 g/mol. The molecule has 0 aliphatic carbocycles. The summed E-state index contributed by atoms with van der Waals surface area (Å²) in [4.78, 5) is 41.6. The van der Waals surface area contributed by atoms with E-state index in [4.69, 9.17) is 4.74 Å². The van der Waals surface area contributed by atoms with Gasteiger partial charge in [-0.05, 0) is 35.9 Å². The molecule has 1 saturated heterocycles. The summed E-state index contributed by atoms with van der Waals surface area (Å²) in [5, 5.41) is 8.22. The second kappa shape index (κ2) is 11.4. The fourth-order valence-electron chi connectivity index (χ4n) is 3.78. The van der Waals surface area contributed by atoms with Gasteiger partial charge < -0.3 is 20.3 Å². The highest BCUT2D eigenvalue weighted by Crippen LogP contribution is 2.40. The molecule has 2 N–H and O–H groups in total. The van der Waals surface area contributed by atoms with Gasteiger partial charge in [0.1, 0.15) is 5.00 Å². The quantitative estimate of drug-likeness (QED) is 0.452. The molecular formula is C25H27N3O4S2. The summed E-state index contributed by atoms with van der Waals surface area (Å²) < 4.78 is 5.39. The zero-order valence-corrected chi connectivity index (χ0v) is 20.6. The van der Waals surface area contributed by atoms with Crippen LogP contribution in [-0.4, -0.2) is 55.5 Å². The Bertz CT molecular complexity index is 1140. The van der Waals surface area contributed by atoms with Gasteiger partial charge in [0, 0.05) is 30.9 Å². The van der Waals surface area contributed by atoms with E-state index in [0.29, 0.717) is 54.7 Å². The lowest BCUT2D eigenvalue weighted by Gasteiger charge is -2.27. The number of morpholine rings is 1. The van der Waals surface area contributed by atoms with Crippen LogP contribution >= 0.6 is 22.7 Å². The van der Waals surface area contributed by atoms with Crippen molar-refractivity contribution in [3.05, 3.63) is 63.8 Å². The first-order chi connectivity index (χ1) is 16.5. The van der Waals surface area contributed by atoms with Crippen LogP contribution in [0.15, 0.2) is 47.8 Å². The van der Waals surface area contributed by atoms with Crippen LogP contribution in [0.5, 0.6) is 0 Å². The molecule has 0 radical (unpaired) electrons. The molecule has 1 fully saturated rings. The van der Waals surface area contributed by atoms with Crippen molar-refractivity contribution in [2.24, 2.45) is 0 Å². The van der Waals surface area contributed by atoms with Gasteiger partial charge in [0.25, 0.3) is 11.8 Å². The molecule has 2 aromatic heterocycles. The van der Waals surface area contributed by atoms with Crippen LogP contribution < -0.4 is 10.6 Å². The first kappa shape index (κ1) is 24.1.